The number of carbonyl (C=O) groups is 2. The lowest BCUT2D eigenvalue weighted by atomic mass is 10.1. The molecule has 5 nitrogen and oxygen atoms in total. The number of hydrogen-bond donors (Lipinski definition) is 1. The maximum Gasteiger partial charge on any atom is 0.240 e. The fourth-order valence-electron chi connectivity index (χ4n) is 2.14. The first-order valence-electron chi connectivity index (χ1n) is 7.17. The average molecular weight is 332 g/mol. The summed E-state index contributed by atoms with van der Waals surface area (Å²) in [4.78, 5) is 29.4. The highest BCUT2D eigenvalue weighted by molar-refractivity contribution is 6.31. The van der Waals surface area contributed by atoms with Crippen molar-refractivity contribution < 1.29 is 9.59 Å². The minimum absolute atomic E-state index is 0.0540. The van der Waals surface area contributed by atoms with Gasteiger partial charge in [-0.2, -0.15) is 0 Å². The molecule has 0 spiro atoms. The van der Waals surface area contributed by atoms with Crippen molar-refractivity contribution in [3.8, 4) is 0 Å². The molecular formula is C17H18ClN3O2. The third-order valence-electron chi connectivity index (χ3n) is 3.38. The number of carbonyl (C=O) groups excluding carboxylic acids is 2. The number of nitrogens with one attached hydrogen (secondary N) is 1. The standard InChI is InChI=1S/C17H18ClN3O2/c1-12-3-4-15(18)9-16(12)21(13(2)22)11-17(23)20-10-14-5-7-19-8-6-14/h3-9H,10-11H2,1-2H3,(H,20,23). The molecule has 0 aliphatic carbocycles. The van der Waals surface area contributed by atoms with Crippen LogP contribution in [0, 0.1) is 6.92 Å². The van der Waals surface area contributed by atoms with Gasteiger partial charge < -0.3 is 10.2 Å². The Balaban J connectivity index is 2.06. The minimum Gasteiger partial charge on any atom is -0.350 e. The molecule has 0 aliphatic heterocycles. The molecule has 1 N–H and O–H groups in total. The van der Waals surface area contributed by atoms with Crippen molar-refractivity contribution in [1.29, 1.82) is 0 Å². The lowest BCUT2D eigenvalue weighted by Crippen LogP contribution is -2.40. The smallest absolute Gasteiger partial charge is 0.240 e. The molecule has 1 aromatic carbocycles. The van der Waals surface area contributed by atoms with Crippen molar-refractivity contribution in [2.24, 2.45) is 0 Å². The van der Waals surface area contributed by atoms with E-state index in [0.29, 0.717) is 17.3 Å². The van der Waals surface area contributed by atoms with Crippen LogP contribution in [0.1, 0.15) is 18.1 Å². The zero-order chi connectivity index (χ0) is 16.8. The molecule has 0 fully saturated rings. The van der Waals surface area contributed by atoms with Crippen LogP contribution < -0.4 is 10.2 Å². The molecule has 0 radical (unpaired) electrons. The van der Waals surface area contributed by atoms with Crippen LogP contribution >= 0.6 is 11.6 Å². The Morgan fingerprint density at radius 2 is 1.91 bits per heavy atom. The molecule has 1 aromatic heterocycles. The van der Waals surface area contributed by atoms with Gasteiger partial charge in [0.15, 0.2) is 0 Å². The predicted molar refractivity (Wildman–Crippen MR) is 90.3 cm³/mol. The van der Waals surface area contributed by atoms with Crippen molar-refractivity contribution >= 4 is 29.1 Å². The summed E-state index contributed by atoms with van der Waals surface area (Å²) in [5, 5.41) is 3.32. The molecule has 1 heterocycles. The highest BCUT2D eigenvalue weighted by Crippen LogP contribution is 2.24. The first-order chi connectivity index (χ1) is 11.0. The molecule has 0 saturated heterocycles. The van der Waals surface area contributed by atoms with E-state index in [4.69, 9.17) is 11.6 Å². The molecular weight excluding hydrogens is 314 g/mol. The zero-order valence-electron chi connectivity index (χ0n) is 13.0. The van der Waals surface area contributed by atoms with Crippen molar-refractivity contribution in [2.45, 2.75) is 20.4 Å². The summed E-state index contributed by atoms with van der Waals surface area (Å²) < 4.78 is 0. The lowest BCUT2D eigenvalue weighted by molar-refractivity contribution is -0.123. The van der Waals surface area contributed by atoms with E-state index >= 15 is 0 Å². The highest BCUT2D eigenvalue weighted by atomic mass is 35.5. The number of nitrogens with zero attached hydrogens (tertiary/aromatic N) is 2. The summed E-state index contributed by atoms with van der Waals surface area (Å²) in [7, 11) is 0. The van der Waals surface area contributed by atoms with Gasteiger partial charge in [0.1, 0.15) is 6.54 Å². The second-order valence-electron chi connectivity index (χ2n) is 5.17. The summed E-state index contributed by atoms with van der Waals surface area (Å²) in [6, 6.07) is 8.91. The average Bonchev–Trinajstić information content (AvgIpc) is 2.54. The van der Waals surface area contributed by atoms with Gasteiger partial charge in [0, 0.05) is 36.6 Å². The van der Waals surface area contributed by atoms with Crippen LogP contribution in [0.25, 0.3) is 0 Å². The van der Waals surface area contributed by atoms with Gasteiger partial charge in [-0.1, -0.05) is 17.7 Å². The van der Waals surface area contributed by atoms with E-state index in [2.05, 4.69) is 10.3 Å². The van der Waals surface area contributed by atoms with E-state index in [1.54, 1.807) is 24.5 Å². The number of amides is 2. The number of pyridine rings is 1. The molecule has 2 aromatic rings. The fourth-order valence-corrected chi connectivity index (χ4v) is 2.31. The van der Waals surface area contributed by atoms with E-state index < -0.39 is 0 Å². The Morgan fingerprint density at radius 1 is 1.22 bits per heavy atom. The van der Waals surface area contributed by atoms with Crippen molar-refractivity contribution in [3.63, 3.8) is 0 Å². The maximum absolute atomic E-state index is 12.1. The summed E-state index contributed by atoms with van der Waals surface area (Å²) in [5.41, 5.74) is 2.47. The summed E-state index contributed by atoms with van der Waals surface area (Å²) in [5.74, 6) is -0.453. The molecule has 2 amide bonds. The van der Waals surface area contributed by atoms with E-state index in [-0.39, 0.29) is 18.4 Å². The first kappa shape index (κ1) is 17.0. The van der Waals surface area contributed by atoms with Crippen LogP contribution in [0.3, 0.4) is 0 Å². The van der Waals surface area contributed by atoms with Crippen LogP contribution in [0.2, 0.25) is 5.02 Å². The fraction of sp³-hybridized carbons (Fsp3) is 0.235. The maximum atomic E-state index is 12.1. The predicted octanol–water partition coefficient (Wildman–Crippen LogP) is 2.71. The van der Waals surface area contributed by atoms with Crippen LogP contribution in [0.4, 0.5) is 5.69 Å². The zero-order valence-corrected chi connectivity index (χ0v) is 13.8. The van der Waals surface area contributed by atoms with Crippen LogP contribution in [0.15, 0.2) is 42.7 Å². The lowest BCUT2D eigenvalue weighted by Gasteiger charge is -2.22. The normalized spacial score (nSPS) is 10.2. The van der Waals surface area contributed by atoms with Gasteiger partial charge in [-0.25, -0.2) is 0 Å². The number of anilines is 1. The number of aromatic nitrogens is 1. The van der Waals surface area contributed by atoms with E-state index in [0.717, 1.165) is 11.1 Å². The second-order valence-corrected chi connectivity index (χ2v) is 5.60. The number of aryl methyl sites for hydroxylation is 1. The SMILES string of the molecule is CC(=O)N(CC(=O)NCc1ccncc1)c1cc(Cl)ccc1C. The number of halogens is 1. The van der Waals surface area contributed by atoms with Gasteiger partial charge in [-0.05, 0) is 42.3 Å². The first-order valence-corrected chi connectivity index (χ1v) is 7.55. The summed E-state index contributed by atoms with van der Waals surface area (Å²) in [6.07, 6.45) is 3.33. The molecule has 120 valence electrons. The topological polar surface area (TPSA) is 62.3 Å². The van der Waals surface area contributed by atoms with E-state index in [1.807, 2.05) is 25.1 Å². The Bertz CT molecular complexity index is 704. The van der Waals surface area contributed by atoms with Crippen molar-refractivity contribution in [1.82, 2.24) is 10.3 Å². The molecule has 0 saturated carbocycles. The van der Waals surface area contributed by atoms with Gasteiger partial charge in [0.05, 0.1) is 0 Å². The largest absolute Gasteiger partial charge is 0.350 e. The third kappa shape index (κ3) is 4.79. The summed E-state index contributed by atoms with van der Waals surface area (Å²) >= 11 is 6.00. The van der Waals surface area contributed by atoms with Crippen LogP contribution in [0.5, 0.6) is 0 Å². The molecule has 0 bridgehead atoms. The second kappa shape index (κ2) is 7.74. The molecule has 0 unspecified atom stereocenters. The summed E-state index contributed by atoms with van der Waals surface area (Å²) in [6.45, 7) is 3.64. The van der Waals surface area contributed by atoms with Crippen molar-refractivity contribution in [3.05, 3.63) is 58.9 Å². The molecule has 0 aliphatic rings. The van der Waals surface area contributed by atoms with Gasteiger partial charge in [-0.15, -0.1) is 0 Å². The molecule has 2 rings (SSSR count). The molecule has 6 heteroatoms. The Morgan fingerprint density at radius 3 is 2.57 bits per heavy atom. The van der Waals surface area contributed by atoms with Crippen molar-refractivity contribution in [2.75, 3.05) is 11.4 Å². The van der Waals surface area contributed by atoms with E-state index in [9.17, 15) is 9.59 Å². The van der Waals surface area contributed by atoms with Gasteiger partial charge in [0.25, 0.3) is 0 Å². The Labute approximate surface area is 140 Å². The van der Waals surface area contributed by atoms with E-state index in [1.165, 1.54) is 11.8 Å². The van der Waals surface area contributed by atoms with Crippen LogP contribution in [-0.2, 0) is 16.1 Å². The Hall–Kier alpha value is -2.40. The van der Waals surface area contributed by atoms with Crippen LogP contribution in [-0.4, -0.2) is 23.3 Å². The minimum atomic E-state index is -0.239. The number of hydrogen-bond acceptors (Lipinski definition) is 3. The monoisotopic (exact) mass is 331 g/mol. The van der Waals surface area contributed by atoms with Gasteiger partial charge in [-0.3, -0.25) is 14.6 Å². The number of benzene rings is 1. The third-order valence-corrected chi connectivity index (χ3v) is 3.62. The van der Waals surface area contributed by atoms with Gasteiger partial charge in [0.2, 0.25) is 11.8 Å². The van der Waals surface area contributed by atoms with Gasteiger partial charge >= 0.3 is 0 Å². The number of rotatable bonds is 5. The highest BCUT2D eigenvalue weighted by Gasteiger charge is 2.17. The molecule has 0 atom stereocenters. The molecule has 23 heavy (non-hydrogen) atoms. The Kier molecular flexibility index (Phi) is 5.71. The quantitative estimate of drug-likeness (QED) is 0.916.